The maximum Gasteiger partial charge on any atom is 0.264 e. The lowest BCUT2D eigenvalue weighted by Gasteiger charge is -2.34. The van der Waals surface area contributed by atoms with Gasteiger partial charge in [0.25, 0.3) is 10.0 Å². The second-order valence-corrected chi connectivity index (χ2v) is 12.2. The fourth-order valence-electron chi connectivity index (χ4n) is 4.52. The van der Waals surface area contributed by atoms with E-state index in [4.69, 9.17) is 23.2 Å². The summed E-state index contributed by atoms with van der Waals surface area (Å²) in [6.45, 7) is 1.63. The Bertz CT molecular complexity index is 1600. The van der Waals surface area contributed by atoms with Gasteiger partial charge in [-0.05, 0) is 54.4 Å². The van der Waals surface area contributed by atoms with Gasteiger partial charge in [0.15, 0.2) is 0 Å². The number of para-hydroxylation sites is 1. The standard InChI is InChI=1S/C32H31Cl2N3O4S/c1-2-35-32(39)30(21-24-11-5-3-6-12-24)36(22-25-17-19-26(33)20-18-25)31(38)23-37(29-16-10-9-15-28(29)34)42(40,41)27-13-7-4-8-14-27/h3-20,30H,2,21-23H2,1H3,(H,35,39)/t30-/m0/s1. The van der Waals surface area contributed by atoms with Crippen molar-refractivity contribution in [3.63, 3.8) is 0 Å². The molecule has 0 spiro atoms. The molecule has 0 aromatic heterocycles. The molecule has 0 unspecified atom stereocenters. The number of benzene rings is 4. The van der Waals surface area contributed by atoms with E-state index in [2.05, 4.69) is 5.32 Å². The second-order valence-electron chi connectivity index (χ2n) is 9.52. The third kappa shape index (κ3) is 7.70. The van der Waals surface area contributed by atoms with Gasteiger partial charge in [-0.15, -0.1) is 0 Å². The normalized spacial score (nSPS) is 11.9. The van der Waals surface area contributed by atoms with Crippen molar-refractivity contribution in [3.8, 4) is 0 Å². The smallest absolute Gasteiger partial charge is 0.264 e. The van der Waals surface area contributed by atoms with E-state index in [-0.39, 0.29) is 34.5 Å². The number of carbonyl (C=O) groups is 2. The Morgan fingerprint density at radius 2 is 1.38 bits per heavy atom. The van der Waals surface area contributed by atoms with Crippen LogP contribution in [0.15, 0.2) is 114 Å². The maximum absolute atomic E-state index is 14.3. The van der Waals surface area contributed by atoms with Crippen molar-refractivity contribution in [2.45, 2.75) is 30.8 Å². The van der Waals surface area contributed by atoms with Crippen molar-refractivity contribution in [2.24, 2.45) is 0 Å². The number of halogens is 2. The van der Waals surface area contributed by atoms with Gasteiger partial charge < -0.3 is 10.2 Å². The van der Waals surface area contributed by atoms with Gasteiger partial charge >= 0.3 is 0 Å². The Kier molecular flexibility index (Phi) is 10.6. The number of carbonyl (C=O) groups excluding carboxylic acids is 2. The van der Waals surface area contributed by atoms with Crippen LogP contribution in [0.4, 0.5) is 5.69 Å². The van der Waals surface area contributed by atoms with Crippen LogP contribution in [0.25, 0.3) is 0 Å². The molecule has 0 radical (unpaired) electrons. The first-order chi connectivity index (χ1) is 20.2. The highest BCUT2D eigenvalue weighted by molar-refractivity contribution is 7.92. The van der Waals surface area contributed by atoms with Crippen LogP contribution in [0.3, 0.4) is 0 Å². The number of hydrogen-bond acceptors (Lipinski definition) is 4. The van der Waals surface area contributed by atoms with E-state index in [1.54, 1.807) is 73.7 Å². The number of anilines is 1. The third-order valence-electron chi connectivity index (χ3n) is 6.62. The number of rotatable bonds is 12. The van der Waals surface area contributed by atoms with Crippen LogP contribution in [0, 0.1) is 0 Å². The molecule has 0 aliphatic rings. The van der Waals surface area contributed by atoms with E-state index in [1.165, 1.54) is 17.0 Å². The molecule has 0 fully saturated rings. The summed E-state index contributed by atoms with van der Waals surface area (Å²) in [7, 11) is -4.22. The maximum atomic E-state index is 14.3. The molecule has 0 bridgehead atoms. The summed E-state index contributed by atoms with van der Waals surface area (Å²) in [4.78, 5) is 29.2. The Morgan fingerprint density at radius 1 is 0.786 bits per heavy atom. The molecule has 4 rings (SSSR count). The lowest BCUT2D eigenvalue weighted by Crippen LogP contribution is -2.53. The predicted octanol–water partition coefficient (Wildman–Crippen LogP) is 5.96. The molecule has 218 valence electrons. The average Bonchev–Trinajstić information content (AvgIpc) is 3.00. The van der Waals surface area contributed by atoms with Gasteiger partial charge in [-0.1, -0.05) is 96.0 Å². The molecular weight excluding hydrogens is 593 g/mol. The Morgan fingerprint density at radius 3 is 2.00 bits per heavy atom. The number of hydrogen-bond donors (Lipinski definition) is 1. The van der Waals surface area contributed by atoms with Crippen LogP contribution in [0.2, 0.25) is 10.0 Å². The third-order valence-corrected chi connectivity index (χ3v) is 8.97. The highest BCUT2D eigenvalue weighted by Crippen LogP contribution is 2.31. The summed E-state index contributed by atoms with van der Waals surface area (Å²) in [6, 6.07) is 29.7. The molecule has 4 aromatic rings. The molecule has 1 N–H and O–H groups in total. The van der Waals surface area contributed by atoms with Crippen molar-refractivity contribution < 1.29 is 18.0 Å². The van der Waals surface area contributed by atoms with Gasteiger partial charge in [0.2, 0.25) is 11.8 Å². The highest BCUT2D eigenvalue weighted by Gasteiger charge is 2.35. The summed E-state index contributed by atoms with van der Waals surface area (Å²) in [5, 5.41) is 3.53. The number of nitrogens with one attached hydrogen (secondary N) is 1. The van der Waals surface area contributed by atoms with Crippen molar-refractivity contribution in [1.29, 1.82) is 0 Å². The summed E-state index contributed by atoms with van der Waals surface area (Å²) in [5.74, 6) is -0.921. The Hall–Kier alpha value is -3.85. The molecule has 0 aliphatic heterocycles. The summed E-state index contributed by atoms with van der Waals surface area (Å²) >= 11 is 12.6. The number of sulfonamides is 1. The van der Waals surface area contributed by atoms with E-state index >= 15 is 0 Å². The molecule has 2 amide bonds. The van der Waals surface area contributed by atoms with Crippen LogP contribution in [0.1, 0.15) is 18.1 Å². The zero-order valence-electron chi connectivity index (χ0n) is 23.0. The number of likely N-dealkylation sites (N-methyl/N-ethyl adjacent to an activating group) is 1. The summed E-state index contributed by atoms with van der Waals surface area (Å²) in [6.07, 6.45) is 0.226. The van der Waals surface area contributed by atoms with Crippen LogP contribution >= 0.6 is 23.2 Å². The molecule has 0 saturated heterocycles. The van der Waals surface area contributed by atoms with Crippen molar-refractivity contribution >= 4 is 50.7 Å². The SMILES string of the molecule is CCNC(=O)[C@H](Cc1ccccc1)N(Cc1ccc(Cl)cc1)C(=O)CN(c1ccccc1Cl)S(=O)(=O)c1ccccc1. The zero-order valence-corrected chi connectivity index (χ0v) is 25.3. The van der Waals surface area contributed by atoms with E-state index in [1.807, 2.05) is 30.3 Å². The molecular formula is C32H31Cl2N3O4S. The Labute approximate surface area is 256 Å². The summed E-state index contributed by atoms with van der Waals surface area (Å²) < 4.78 is 28.9. The zero-order chi connectivity index (χ0) is 30.1. The number of amides is 2. The van der Waals surface area contributed by atoms with Gasteiger partial charge in [-0.3, -0.25) is 13.9 Å². The molecule has 7 nitrogen and oxygen atoms in total. The van der Waals surface area contributed by atoms with Crippen LogP contribution < -0.4 is 9.62 Å². The minimum Gasteiger partial charge on any atom is -0.355 e. The molecule has 0 saturated carbocycles. The fraction of sp³-hybridized carbons (Fsp3) is 0.188. The van der Waals surface area contributed by atoms with E-state index in [9.17, 15) is 18.0 Å². The monoisotopic (exact) mass is 623 g/mol. The van der Waals surface area contributed by atoms with Crippen molar-refractivity contribution in [1.82, 2.24) is 10.2 Å². The molecule has 10 heteroatoms. The van der Waals surface area contributed by atoms with Crippen LogP contribution in [-0.2, 0) is 32.6 Å². The van der Waals surface area contributed by atoms with E-state index < -0.39 is 28.5 Å². The minimum absolute atomic E-state index is 0.00605. The van der Waals surface area contributed by atoms with Crippen molar-refractivity contribution in [2.75, 3.05) is 17.4 Å². The van der Waals surface area contributed by atoms with Crippen LogP contribution in [-0.4, -0.2) is 44.3 Å². The topological polar surface area (TPSA) is 86.8 Å². The van der Waals surface area contributed by atoms with Gasteiger partial charge in [0, 0.05) is 24.5 Å². The average molecular weight is 625 g/mol. The van der Waals surface area contributed by atoms with E-state index in [0.717, 1.165) is 15.4 Å². The second kappa shape index (κ2) is 14.4. The Balaban J connectivity index is 1.79. The molecule has 42 heavy (non-hydrogen) atoms. The fourth-order valence-corrected chi connectivity index (χ4v) is 6.39. The first-order valence-electron chi connectivity index (χ1n) is 13.4. The summed E-state index contributed by atoms with van der Waals surface area (Å²) in [5.41, 5.74) is 1.73. The molecule has 0 heterocycles. The largest absolute Gasteiger partial charge is 0.355 e. The van der Waals surface area contributed by atoms with Crippen LogP contribution in [0.5, 0.6) is 0 Å². The minimum atomic E-state index is -4.22. The molecule has 1 atom stereocenters. The molecule has 4 aromatic carbocycles. The van der Waals surface area contributed by atoms with Gasteiger partial charge in [-0.2, -0.15) is 0 Å². The van der Waals surface area contributed by atoms with Gasteiger partial charge in [0.1, 0.15) is 12.6 Å². The number of nitrogens with zero attached hydrogens (tertiary/aromatic N) is 2. The van der Waals surface area contributed by atoms with Gasteiger partial charge in [-0.25, -0.2) is 8.42 Å². The first-order valence-corrected chi connectivity index (χ1v) is 15.6. The lowest BCUT2D eigenvalue weighted by molar-refractivity contribution is -0.140. The first kappa shape index (κ1) is 31.1. The quantitative estimate of drug-likeness (QED) is 0.211. The van der Waals surface area contributed by atoms with E-state index in [0.29, 0.717) is 11.6 Å². The predicted molar refractivity (Wildman–Crippen MR) is 167 cm³/mol. The van der Waals surface area contributed by atoms with Crippen molar-refractivity contribution in [3.05, 3.63) is 130 Å². The van der Waals surface area contributed by atoms with Gasteiger partial charge in [0.05, 0.1) is 15.6 Å². The lowest BCUT2D eigenvalue weighted by atomic mass is 10.0. The highest BCUT2D eigenvalue weighted by atomic mass is 35.5. The molecule has 0 aliphatic carbocycles.